The number of amides is 1. The van der Waals surface area contributed by atoms with Gasteiger partial charge in [-0.05, 0) is 32.7 Å². The fourth-order valence-electron chi connectivity index (χ4n) is 1.38. The van der Waals surface area contributed by atoms with Gasteiger partial charge in [0.05, 0.1) is 6.61 Å². The topological polar surface area (TPSA) is 81.4 Å². The molecule has 0 aliphatic heterocycles. The van der Waals surface area contributed by atoms with Gasteiger partial charge in [0, 0.05) is 19.4 Å². The van der Waals surface area contributed by atoms with Gasteiger partial charge in [-0.2, -0.15) is 0 Å². The molecule has 0 aromatic rings. The Hall–Kier alpha value is -1.10. The lowest BCUT2D eigenvalue weighted by atomic mass is 10.2. The third-order valence-corrected chi connectivity index (χ3v) is 2.29. The van der Waals surface area contributed by atoms with Crippen LogP contribution in [0.15, 0.2) is 0 Å². The van der Waals surface area contributed by atoms with Gasteiger partial charge in [-0.3, -0.25) is 9.59 Å². The van der Waals surface area contributed by atoms with Gasteiger partial charge in [0.1, 0.15) is 0 Å². The summed E-state index contributed by atoms with van der Waals surface area (Å²) in [5.41, 5.74) is 5.30. The summed E-state index contributed by atoms with van der Waals surface area (Å²) >= 11 is 0. The Morgan fingerprint density at radius 1 is 1.12 bits per heavy atom. The van der Waals surface area contributed by atoms with Gasteiger partial charge in [0.25, 0.3) is 0 Å². The fourth-order valence-corrected chi connectivity index (χ4v) is 1.38. The van der Waals surface area contributed by atoms with Crippen molar-refractivity contribution in [2.45, 2.75) is 45.4 Å². The normalized spacial score (nSPS) is 10.0. The molecule has 0 aromatic carbocycles. The Labute approximate surface area is 103 Å². The molecule has 0 unspecified atom stereocenters. The van der Waals surface area contributed by atoms with Crippen LogP contribution in [-0.4, -0.2) is 31.6 Å². The van der Waals surface area contributed by atoms with Gasteiger partial charge in [-0.15, -0.1) is 0 Å². The van der Waals surface area contributed by atoms with E-state index in [1.165, 1.54) is 0 Å². The van der Waals surface area contributed by atoms with E-state index in [9.17, 15) is 9.59 Å². The molecule has 0 fully saturated rings. The maximum absolute atomic E-state index is 11.2. The number of unbranched alkanes of at least 4 members (excludes halogenated alkanes) is 2. The Balaban J connectivity index is 3.23. The van der Waals surface area contributed by atoms with Crippen LogP contribution in [0.5, 0.6) is 0 Å². The maximum Gasteiger partial charge on any atom is 0.305 e. The average molecular weight is 244 g/mol. The van der Waals surface area contributed by atoms with Crippen molar-refractivity contribution in [3.05, 3.63) is 0 Å². The van der Waals surface area contributed by atoms with Gasteiger partial charge in [0.2, 0.25) is 5.91 Å². The molecule has 0 atom stereocenters. The number of nitrogens with one attached hydrogen (secondary N) is 1. The minimum Gasteiger partial charge on any atom is -0.466 e. The first-order valence-electron chi connectivity index (χ1n) is 6.33. The largest absolute Gasteiger partial charge is 0.466 e. The SMILES string of the molecule is CCOC(=O)CCCCCNC(=O)CCCN. The van der Waals surface area contributed by atoms with Gasteiger partial charge in [-0.1, -0.05) is 6.42 Å². The molecule has 0 aliphatic carbocycles. The van der Waals surface area contributed by atoms with E-state index in [1.807, 2.05) is 0 Å². The second-order valence-corrected chi connectivity index (χ2v) is 3.86. The Morgan fingerprint density at radius 3 is 2.53 bits per heavy atom. The molecule has 17 heavy (non-hydrogen) atoms. The summed E-state index contributed by atoms with van der Waals surface area (Å²) in [5, 5.41) is 2.82. The summed E-state index contributed by atoms with van der Waals surface area (Å²) < 4.78 is 4.81. The average Bonchev–Trinajstić information content (AvgIpc) is 2.31. The molecule has 3 N–H and O–H groups in total. The summed E-state index contributed by atoms with van der Waals surface area (Å²) in [7, 11) is 0. The van der Waals surface area contributed by atoms with E-state index in [4.69, 9.17) is 10.5 Å². The predicted octanol–water partition coefficient (Wildman–Crippen LogP) is 0.965. The van der Waals surface area contributed by atoms with Gasteiger partial charge >= 0.3 is 5.97 Å². The minimum atomic E-state index is -0.139. The first-order chi connectivity index (χ1) is 8.20. The summed E-state index contributed by atoms with van der Waals surface area (Å²) in [5.74, 6) is -0.0830. The molecule has 1 amide bonds. The standard InChI is InChI=1S/C12H24N2O3/c1-2-17-12(16)8-4-3-5-10-14-11(15)7-6-9-13/h2-10,13H2,1H3,(H,14,15). The highest BCUT2D eigenvalue weighted by Gasteiger charge is 2.01. The Bertz CT molecular complexity index is 220. The van der Waals surface area contributed by atoms with E-state index >= 15 is 0 Å². The van der Waals surface area contributed by atoms with Crippen LogP contribution in [0.1, 0.15) is 45.4 Å². The van der Waals surface area contributed by atoms with Crippen LogP contribution in [0.2, 0.25) is 0 Å². The minimum absolute atomic E-state index is 0.0563. The van der Waals surface area contributed by atoms with Gasteiger partial charge in [0.15, 0.2) is 0 Å². The molecule has 5 nitrogen and oxygen atoms in total. The first kappa shape index (κ1) is 15.9. The summed E-state index contributed by atoms with van der Waals surface area (Å²) in [6.07, 6.45) is 4.34. The molecule has 5 heteroatoms. The van der Waals surface area contributed by atoms with Crippen molar-refractivity contribution in [3.63, 3.8) is 0 Å². The molecule has 0 heterocycles. The second-order valence-electron chi connectivity index (χ2n) is 3.86. The molecule has 0 aliphatic rings. The molecule has 100 valence electrons. The highest BCUT2D eigenvalue weighted by molar-refractivity contribution is 5.75. The molecule has 0 radical (unpaired) electrons. The van der Waals surface area contributed by atoms with E-state index < -0.39 is 0 Å². The van der Waals surface area contributed by atoms with Crippen LogP contribution in [0.4, 0.5) is 0 Å². The third-order valence-electron chi connectivity index (χ3n) is 2.29. The molecule has 0 saturated carbocycles. The summed E-state index contributed by atoms with van der Waals surface area (Å²) in [6.45, 7) is 3.46. The number of hydrogen-bond donors (Lipinski definition) is 2. The number of esters is 1. The summed E-state index contributed by atoms with van der Waals surface area (Å²) in [6, 6.07) is 0. The highest BCUT2D eigenvalue weighted by atomic mass is 16.5. The summed E-state index contributed by atoms with van der Waals surface area (Å²) in [4.78, 5) is 22.2. The third kappa shape index (κ3) is 11.2. The maximum atomic E-state index is 11.2. The van der Waals surface area contributed by atoms with E-state index in [2.05, 4.69) is 5.32 Å². The number of rotatable bonds is 10. The van der Waals surface area contributed by atoms with Crippen LogP contribution in [0.25, 0.3) is 0 Å². The van der Waals surface area contributed by atoms with Crippen LogP contribution >= 0.6 is 0 Å². The highest BCUT2D eigenvalue weighted by Crippen LogP contribution is 2.00. The lowest BCUT2D eigenvalue weighted by Gasteiger charge is -2.04. The number of ether oxygens (including phenoxy) is 1. The molecule has 0 saturated heterocycles. The number of carbonyl (C=O) groups excluding carboxylic acids is 2. The Kier molecular flexibility index (Phi) is 10.7. The zero-order chi connectivity index (χ0) is 12.9. The molecule has 0 bridgehead atoms. The predicted molar refractivity (Wildman–Crippen MR) is 66.4 cm³/mol. The van der Waals surface area contributed by atoms with Crippen molar-refractivity contribution < 1.29 is 14.3 Å². The van der Waals surface area contributed by atoms with Crippen molar-refractivity contribution in [1.29, 1.82) is 0 Å². The fraction of sp³-hybridized carbons (Fsp3) is 0.833. The van der Waals surface area contributed by atoms with Crippen molar-refractivity contribution in [1.82, 2.24) is 5.32 Å². The van der Waals surface area contributed by atoms with Crippen molar-refractivity contribution in [3.8, 4) is 0 Å². The number of carbonyl (C=O) groups is 2. The first-order valence-corrected chi connectivity index (χ1v) is 6.33. The zero-order valence-electron chi connectivity index (χ0n) is 10.7. The van der Waals surface area contributed by atoms with Gasteiger partial charge in [-0.25, -0.2) is 0 Å². The lowest BCUT2D eigenvalue weighted by Crippen LogP contribution is -2.24. The van der Waals surface area contributed by atoms with Crippen LogP contribution in [0.3, 0.4) is 0 Å². The molecular formula is C12H24N2O3. The molecular weight excluding hydrogens is 220 g/mol. The van der Waals surface area contributed by atoms with E-state index in [0.29, 0.717) is 32.5 Å². The van der Waals surface area contributed by atoms with E-state index in [0.717, 1.165) is 25.7 Å². The lowest BCUT2D eigenvalue weighted by molar-refractivity contribution is -0.143. The second kappa shape index (κ2) is 11.4. The molecule has 0 aromatic heterocycles. The molecule has 0 spiro atoms. The number of hydrogen-bond acceptors (Lipinski definition) is 4. The van der Waals surface area contributed by atoms with Crippen molar-refractivity contribution in [2.24, 2.45) is 5.73 Å². The van der Waals surface area contributed by atoms with Crippen LogP contribution in [0, 0.1) is 0 Å². The quantitative estimate of drug-likeness (QED) is 0.443. The van der Waals surface area contributed by atoms with Crippen LogP contribution in [-0.2, 0) is 14.3 Å². The van der Waals surface area contributed by atoms with Gasteiger partial charge < -0.3 is 15.8 Å². The van der Waals surface area contributed by atoms with E-state index in [-0.39, 0.29) is 11.9 Å². The number of nitrogens with two attached hydrogens (primary N) is 1. The van der Waals surface area contributed by atoms with Crippen molar-refractivity contribution in [2.75, 3.05) is 19.7 Å². The van der Waals surface area contributed by atoms with Crippen molar-refractivity contribution >= 4 is 11.9 Å². The van der Waals surface area contributed by atoms with Crippen LogP contribution < -0.4 is 11.1 Å². The zero-order valence-corrected chi connectivity index (χ0v) is 10.7. The molecule has 0 rings (SSSR count). The monoisotopic (exact) mass is 244 g/mol. The Morgan fingerprint density at radius 2 is 1.88 bits per heavy atom. The van der Waals surface area contributed by atoms with E-state index in [1.54, 1.807) is 6.92 Å². The smallest absolute Gasteiger partial charge is 0.305 e.